The van der Waals surface area contributed by atoms with E-state index in [-0.39, 0.29) is 5.91 Å². The molecule has 7 nitrogen and oxygen atoms in total. The highest BCUT2D eigenvalue weighted by molar-refractivity contribution is 5.94. The smallest absolute Gasteiger partial charge is 0.323 e. The molecule has 1 aliphatic heterocycles. The number of hydrogen-bond donors (Lipinski definition) is 0. The molecule has 0 radical (unpaired) electrons. The van der Waals surface area contributed by atoms with Crippen molar-refractivity contribution in [3.8, 4) is 0 Å². The normalized spacial score (nSPS) is 15.5. The third kappa shape index (κ3) is 3.90. The highest BCUT2D eigenvalue weighted by Gasteiger charge is 2.24. The van der Waals surface area contributed by atoms with Gasteiger partial charge in [-0.15, -0.1) is 0 Å². The minimum Gasteiger partial charge on any atom is -0.339 e. The van der Waals surface area contributed by atoms with E-state index >= 15 is 0 Å². The highest BCUT2D eigenvalue weighted by atomic mass is 16.5. The Morgan fingerprint density at radius 3 is 2.62 bits per heavy atom. The summed E-state index contributed by atoms with van der Waals surface area (Å²) in [7, 11) is 3.76. The van der Waals surface area contributed by atoms with Crippen molar-refractivity contribution in [2.24, 2.45) is 5.92 Å². The van der Waals surface area contributed by atoms with E-state index in [9.17, 15) is 4.79 Å². The number of anilines is 1. The van der Waals surface area contributed by atoms with E-state index in [4.69, 9.17) is 4.52 Å². The van der Waals surface area contributed by atoms with Crippen LogP contribution in [-0.4, -0.2) is 53.1 Å². The molecule has 1 saturated heterocycles. The number of aromatic nitrogens is 3. The number of pyridine rings is 1. The van der Waals surface area contributed by atoms with Crippen molar-refractivity contribution in [3.05, 3.63) is 35.9 Å². The van der Waals surface area contributed by atoms with Gasteiger partial charge in [-0.3, -0.25) is 9.78 Å². The second-order valence-corrected chi connectivity index (χ2v) is 6.40. The van der Waals surface area contributed by atoms with Crippen LogP contribution < -0.4 is 4.90 Å². The zero-order chi connectivity index (χ0) is 16.9. The molecule has 0 spiro atoms. The highest BCUT2D eigenvalue weighted by Crippen LogP contribution is 2.23. The van der Waals surface area contributed by atoms with E-state index < -0.39 is 0 Å². The van der Waals surface area contributed by atoms with Crippen LogP contribution in [0.4, 0.5) is 6.01 Å². The molecule has 24 heavy (non-hydrogen) atoms. The van der Waals surface area contributed by atoms with E-state index in [1.165, 1.54) is 0 Å². The predicted octanol–water partition coefficient (Wildman–Crippen LogP) is 2.02. The van der Waals surface area contributed by atoms with Crippen LogP contribution in [0.25, 0.3) is 0 Å². The van der Waals surface area contributed by atoms with Gasteiger partial charge in [-0.2, -0.15) is 4.98 Å². The number of aryl methyl sites for hydroxylation is 1. The van der Waals surface area contributed by atoms with Crippen molar-refractivity contribution in [2.75, 3.05) is 32.1 Å². The van der Waals surface area contributed by atoms with Gasteiger partial charge in [0.15, 0.2) is 5.82 Å². The summed E-state index contributed by atoms with van der Waals surface area (Å²) in [5.74, 6) is 1.46. The number of piperidine rings is 1. The molecule has 1 amide bonds. The van der Waals surface area contributed by atoms with Crippen LogP contribution >= 0.6 is 0 Å². The van der Waals surface area contributed by atoms with Gasteiger partial charge >= 0.3 is 6.01 Å². The van der Waals surface area contributed by atoms with Crippen LogP contribution in [0, 0.1) is 5.92 Å². The first-order chi connectivity index (χ1) is 11.6. The van der Waals surface area contributed by atoms with Crippen molar-refractivity contribution in [3.63, 3.8) is 0 Å². The Balaban J connectivity index is 1.46. The number of likely N-dealkylation sites (tertiary alicyclic amines) is 1. The summed E-state index contributed by atoms with van der Waals surface area (Å²) in [5.41, 5.74) is 0.714. The zero-order valence-corrected chi connectivity index (χ0v) is 14.2. The molecule has 2 aromatic rings. The maximum absolute atomic E-state index is 12.4. The summed E-state index contributed by atoms with van der Waals surface area (Å²) in [5, 5.41) is 4.01. The first-order valence-corrected chi connectivity index (χ1v) is 8.32. The molecule has 0 aromatic carbocycles. The summed E-state index contributed by atoms with van der Waals surface area (Å²) < 4.78 is 5.17. The molecule has 7 heteroatoms. The van der Waals surface area contributed by atoms with Crippen LogP contribution in [0.1, 0.15) is 35.4 Å². The average molecular weight is 329 g/mol. The molecular formula is C17H23N5O2. The Labute approximate surface area is 141 Å². The van der Waals surface area contributed by atoms with E-state index in [2.05, 4.69) is 15.1 Å². The van der Waals surface area contributed by atoms with E-state index in [0.717, 1.165) is 44.6 Å². The van der Waals surface area contributed by atoms with Gasteiger partial charge in [-0.1, -0.05) is 5.16 Å². The minimum atomic E-state index is 0.102. The maximum Gasteiger partial charge on any atom is 0.323 e. The molecule has 1 fully saturated rings. The SMILES string of the molecule is CN(C)c1nc(CCC2CCN(C(=O)c3ccncc3)CC2)no1. The largest absolute Gasteiger partial charge is 0.339 e. The summed E-state index contributed by atoms with van der Waals surface area (Å²) in [6, 6.07) is 4.09. The lowest BCUT2D eigenvalue weighted by atomic mass is 9.92. The third-order valence-electron chi connectivity index (χ3n) is 4.45. The summed E-state index contributed by atoms with van der Waals surface area (Å²) >= 11 is 0. The van der Waals surface area contributed by atoms with Gasteiger partial charge in [0.05, 0.1) is 0 Å². The molecule has 128 valence electrons. The van der Waals surface area contributed by atoms with Gasteiger partial charge in [0.2, 0.25) is 0 Å². The molecule has 0 unspecified atom stereocenters. The second-order valence-electron chi connectivity index (χ2n) is 6.40. The minimum absolute atomic E-state index is 0.102. The summed E-state index contributed by atoms with van der Waals surface area (Å²) in [6.45, 7) is 1.61. The molecule has 0 aliphatic carbocycles. The van der Waals surface area contributed by atoms with Gasteiger partial charge in [-0.25, -0.2) is 0 Å². The van der Waals surface area contributed by atoms with Crippen molar-refractivity contribution in [2.45, 2.75) is 25.7 Å². The van der Waals surface area contributed by atoms with Crippen molar-refractivity contribution >= 4 is 11.9 Å². The predicted molar refractivity (Wildman–Crippen MR) is 89.8 cm³/mol. The fourth-order valence-corrected chi connectivity index (χ4v) is 2.96. The standard InChI is InChI=1S/C17H23N5O2/c1-21(2)17-19-15(20-24-17)4-3-13-7-11-22(12-8-13)16(23)14-5-9-18-10-6-14/h5-6,9-10,13H,3-4,7-8,11-12H2,1-2H3. The van der Waals surface area contributed by atoms with Crippen LogP contribution in [0.5, 0.6) is 0 Å². The molecular weight excluding hydrogens is 306 g/mol. The van der Waals surface area contributed by atoms with E-state index in [0.29, 0.717) is 17.5 Å². The van der Waals surface area contributed by atoms with Crippen LogP contribution in [0.15, 0.2) is 29.0 Å². The molecule has 2 aromatic heterocycles. The van der Waals surface area contributed by atoms with Gasteiger partial charge in [-0.05, 0) is 37.3 Å². The number of amides is 1. The number of hydrogen-bond acceptors (Lipinski definition) is 6. The van der Waals surface area contributed by atoms with Gasteiger partial charge in [0.1, 0.15) is 0 Å². The first kappa shape index (κ1) is 16.4. The quantitative estimate of drug-likeness (QED) is 0.835. The van der Waals surface area contributed by atoms with Gasteiger partial charge in [0, 0.05) is 51.6 Å². The molecule has 0 N–H and O–H groups in total. The average Bonchev–Trinajstić information content (AvgIpc) is 3.10. The first-order valence-electron chi connectivity index (χ1n) is 8.32. The number of nitrogens with zero attached hydrogens (tertiary/aromatic N) is 5. The molecule has 3 heterocycles. The Bertz CT molecular complexity index is 663. The monoisotopic (exact) mass is 329 g/mol. The Kier molecular flexibility index (Phi) is 5.08. The van der Waals surface area contributed by atoms with Crippen molar-refractivity contribution in [1.29, 1.82) is 0 Å². The summed E-state index contributed by atoms with van der Waals surface area (Å²) in [6.07, 6.45) is 7.22. The lowest BCUT2D eigenvalue weighted by molar-refractivity contribution is 0.0686. The molecule has 0 bridgehead atoms. The fourth-order valence-electron chi connectivity index (χ4n) is 2.96. The lowest BCUT2D eigenvalue weighted by Crippen LogP contribution is -2.38. The number of carbonyl (C=O) groups is 1. The van der Waals surface area contributed by atoms with Gasteiger partial charge < -0.3 is 14.3 Å². The Hall–Kier alpha value is -2.44. The number of rotatable bonds is 5. The molecule has 0 atom stereocenters. The van der Waals surface area contributed by atoms with Crippen LogP contribution in [-0.2, 0) is 6.42 Å². The van der Waals surface area contributed by atoms with Crippen molar-refractivity contribution in [1.82, 2.24) is 20.0 Å². The zero-order valence-electron chi connectivity index (χ0n) is 14.2. The Morgan fingerprint density at radius 2 is 2.00 bits per heavy atom. The molecule has 1 aliphatic rings. The molecule has 3 rings (SSSR count). The van der Waals surface area contributed by atoms with Crippen LogP contribution in [0.3, 0.4) is 0 Å². The molecule has 0 saturated carbocycles. The number of carbonyl (C=O) groups excluding carboxylic acids is 1. The second kappa shape index (κ2) is 7.42. The Morgan fingerprint density at radius 1 is 1.29 bits per heavy atom. The van der Waals surface area contributed by atoms with Gasteiger partial charge in [0.25, 0.3) is 5.91 Å². The topological polar surface area (TPSA) is 75.4 Å². The lowest BCUT2D eigenvalue weighted by Gasteiger charge is -2.32. The summed E-state index contributed by atoms with van der Waals surface area (Å²) in [4.78, 5) is 24.5. The van der Waals surface area contributed by atoms with Crippen molar-refractivity contribution < 1.29 is 9.32 Å². The van der Waals surface area contributed by atoms with E-state index in [1.807, 2.05) is 19.0 Å². The van der Waals surface area contributed by atoms with Crippen LogP contribution in [0.2, 0.25) is 0 Å². The van der Waals surface area contributed by atoms with E-state index in [1.54, 1.807) is 29.4 Å². The fraction of sp³-hybridized carbons (Fsp3) is 0.529. The maximum atomic E-state index is 12.4. The third-order valence-corrected chi connectivity index (χ3v) is 4.45.